The van der Waals surface area contributed by atoms with Gasteiger partial charge in [-0.3, -0.25) is 0 Å². The third-order valence-corrected chi connectivity index (χ3v) is 3.85. The fourth-order valence-electron chi connectivity index (χ4n) is 1.09. The van der Waals surface area contributed by atoms with Crippen molar-refractivity contribution in [2.75, 3.05) is 7.11 Å². The predicted molar refractivity (Wildman–Crippen MR) is 56.8 cm³/mol. The van der Waals surface area contributed by atoms with Crippen molar-refractivity contribution in [3.8, 4) is 5.75 Å². The lowest BCUT2D eigenvalue weighted by molar-refractivity contribution is 0.415. The van der Waals surface area contributed by atoms with Crippen LogP contribution in [0.1, 0.15) is 13.8 Å². The summed E-state index contributed by atoms with van der Waals surface area (Å²) in [5, 5.41) is 0.931. The van der Waals surface area contributed by atoms with Crippen LogP contribution in [0.5, 0.6) is 5.75 Å². The molecule has 0 aromatic heterocycles. The Labute approximate surface area is 79.7 Å². The highest BCUT2D eigenvalue weighted by atomic mass is 31.1. The Morgan fingerprint density at radius 1 is 1.23 bits per heavy atom. The minimum absolute atomic E-state index is 0.235. The Balaban J connectivity index is 2.86. The predicted octanol–water partition coefficient (Wildman–Crippen LogP) is 2.29. The lowest BCUT2D eigenvalue weighted by Crippen LogP contribution is -2.01. The van der Waals surface area contributed by atoms with Crippen LogP contribution in [0.2, 0.25) is 0 Å². The molecule has 13 heavy (non-hydrogen) atoms. The summed E-state index contributed by atoms with van der Waals surface area (Å²) in [5.41, 5.74) is 0.235. The molecule has 0 heterocycles. The molecule has 0 amide bonds. The molecule has 0 aliphatic heterocycles. The summed E-state index contributed by atoms with van der Waals surface area (Å²) in [5.74, 6) is 0.808. The van der Waals surface area contributed by atoms with Crippen LogP contribution in [-0.2, 0) is 4.57 Å². The van der Waals surface area contributed by atoms with E-state index in [4.69, 9.17) is 4.74 Å². The Morgan fingerprint density at radius 3 is 2.15 bits per heavy atom. The maximum Gasteiger partial charge on any atom is 0.118 e. The molecule has 0 saturated carbocycles. The van der Waals surface area contributed by atoms with Crippen LogP contribution in [0.4, 0.5) is 0 Å². The SMILES string of the molecule is COc1ccc([PH](=O)C(C)C)cc1. The Hall–Kier alpha value is -0.750. The van der Waals surface area contributed by atoms with Gasteiger partial charge in [-0.15, -0.1) is 0 Å². The number of benzene rings is 1. The molecule has 1 rings (SSSR count). The molecule has 0 aliphatic carbocycles. The van der Waals surface area contributed by atoms with Gasteiger partial charge in [-0.05, 0) is 24.3 Å². The van der Waals surface area contributed by atoms with Crippen molar-refractivity contribution >= 4 is 13.1 Å². The van der Waals surface area contributed by atoms with Gasteiger partial charge in [-0.25, -0.2) is 0 Å². The maximum absolute atomic E-state index is 11.7. The summed E-state index contributed by atoms with van der Waals surface area (Å²) < 4.78 is 16.7. The molecule has 0 saturated heterocycles. The van der Waals surface area contributed by atoms with Crippen molar-refractivity contribution in [1.82, 2.24) is 0 Å². The van der Waals surface area contributed by atoms with E-state index in [1.807, 2.05) is 38.1 Å². The smallest absolute Gasteiger partial charge is 0.118 e. The second-order valence-corrected chi connectivity index (χ2v) is 5.71. The highest BCUT2D eigenvalue weighted by Crippen LogP contribution is 2.26. The molecular formula is C10H15O2P. The van der Waals surface area contributed by atoms with E-state index in [0.29, 0.717) is 0 Å². The van der Waals surface area contributed by atoms with Gasteiger partial charge in [0.25, 0.3) is 0 Å². The molecule has 0 spiro atoms. The second kappa shape index (κ2) is 4.48. The highest BCUT2D eigenvalue weighted by molar-refractivity contribution is 7.54. The summed E-state index contributed by atoms with van der Waals surface area (Å²) in [7, 11) is 0.0112. The molecule has 0 bridgehead atoms. The first-order chi connectivity index (χ1) is 6.15. The number of rotatable bonds is 3. The fourth-order valence-corrected chi connectivity index (χ4v) is 2.25. The van der Waals surface area contributed by atoms with Gasteiger partial charge in [0.2, 0.25) is 0 Å². The van der Waals surface area contributed by atoms with E-state index in [1.54, 1.807) is 7.11 Å². The minimum atomic E-state index is -1.61. The summed E-state index contributed by atoms with van der Waals surface area (Å²) >= 11 is 0. The maximum atomic E-state index is 11.7. The molecule has 0 aliphatic rings. The molecule has 1 aromatic rings. The van der Waals surface area contributed by atoms with Crippen molar-refractivity contribution in [3.05, 3.63) is 24.3 Å². The topological polar surface area (TPSA) is 26.3 Å². The van der Waals surface area contributed by atoms with Gasteiger partial charge in [0.05, 0.1) is 7.11 Å². The molecule has 0 fully saturated rings. The highest BCUT2D eigenvalue weighted by Gasteiger charge is 2.07. The largest absolute Gasteiger partial charge is 0.497 e. The lowest BCUT2D eigenvalue weighted by atomic mass is 10.3. The normalized spacial score (nSPS) is 12.9. The Bertz CT molecular complexity index is 290. The number of ether oxygens (including phenoxy) is 1. The average Bonchev–Trinajstić information content (AvgIpc) is 2.17. The van der Waals surface area contributed by atoms with Gasteiger partial charge in [0.1, 0.15) is 13.6 Å². The van der Waals surface area contributed by atoms with E-state index < -0.39 is 7.80 Å². The van der Waals surface area contributed by atoms with Gasteiger partial charge in [0.15, 0.2) is 0 Å². The van der Waals surface area contributed by atoms with Crippen molar-refractivity contribution < 1.29 is 9.30 Å². The first kappa shape index (κ1) is 10.3. The van der Waals surface area contributed by atoms with E-state index in [2.05, 4.69) is 0 Å². The van der Waals surface area contributed by atoms with Crippen LogP contribution < -0.4 is 10.0 Å². The first-order valence-corrected chi connectivity index (χ1v) is 5.82. The fraction of sp³-hybridized carbons (Fsp3) is 0.400. The lowest BCUT2D eigenvalue weighted by Gasteiger charge is -2.06. The number of methoxy groups -OCH3 is 1. The van der Waals surface area contributed by atoms with E-state index in [0.717, 1.165) is 11.1 Å². The van der Waals surface area contributed by atoms with Crippen LogP contribution >= 0.6 is 7.80 Å². The molecular weight excluding hydrogens is 183 g/mol. The summed E-state index contributed by atoms with van der Waals surface area (Å²) in [6, 6.07) is 7.45. The molecule has 1 unspecified atom stereocenters. The zero-order chi connectivity index (χ0) is 9.84. The van der Waals surface area contributed by atoms with E-state index in [9.17, 15) is 4.57 Å². The minimum Gasteiger partial charge on any atom is -0.497 e. The average molecular weight is 198 g/mol. The van der Waals surface area contributed by atoms with Crippen LogP contribution in [0.3, 0.4) is 0 Å². The summed E-state index contributed by atoms with van der Waals surface area (Å²) in [6.07, 6.45) is 0. The molecule has 1 atom stereocenters. The van der Waals surface area contributed by atoms with E-state index in [-0.39, 0.29) is 5.66 Å². The van der Waals surface area contributed by atoms with Gasteiger partial charge in [0, 0.05) is 11.0 Å². The van der Waals surface area contributed by atoms with Crippen LogP contribution in [0, 0.1) is 0 Å². The Morgan fingerprint density at radius 2 is 1.77 bits per heavy atom. The van der Waals surface area contributed by atoms with E-state index >= 15 is 0 Å². The van der Waals surface area contributed by atoms with Crippen molar-refractivity contribution in [1.29, 1.82) is 0 Å². The van der Waals surface area contributed by atoms with Crippen LogP contribution in [0.25, 0.3) is 0 Å². The zero-order valence-corrected chi connectivity index (χ0v) is 9.20. The molecule has 0 radical (unpaired) electrons. The zero-order valence-electron chi connectivity index (χ0n) is 8.20. The van der Waals surface area contributed by atoms with Crippen molar-refractivity contribution in [3.63, 3.8) is 0 Å². The van der Waals surface area contributed by atoms with Gasteiger partial charge < -0.3 is 9.30 Å². The molecule has 1 aromatic carbocycles. The van der Waals surface area contributed by atoms with Crippen LogP contribution in [0.15, 0.2) is 24.3 Å². The summed E-state index contributed by atoms with van der Waals surface area (Å²) in [4.78, 5) is 0. The third kappa shape index (κ3) is 2.60. The van der Waals surface area contributed by atoms with Crippen molar-refractivity contribution in [2.45, 2.75) is 19.5 Å². The van der Waals surface area contributed by atoms with E-state index in [1.165, 1.54) is 0 Å². The number of hydrogen-bond donors (Lipinski definition) is 0. The Kier molecular flexibility index (Phi) is 3.56. The molecule has 2 nitrogen and oxygen atoms in total. The third-order valence-electron chi connectivity index (χ3n) is 1.90. The number of hydrogen-bond acceptors (Lipinski definition) is 2. The monoisotopic (exact) mass is 198 g/mol. The second-order valence-electron chi connectivity index (χ2n) is 3.25. The van der Waals surface area contributed by atoms with Crippen molar-refractivity contribution in [2.24, 2.45) is 0 Å². The summed E-state index contributed by atoms with van der Waals surface area (Å²) in [6.45, 7) is 3.96. The van der Waals surface area contributed by atoms with Gasteiger partial charge in [-0.1, -0.05) is 13.8 Å². The van der Waals surface area contributed by atoms with Gasteiger partial charge in [-0.2, -0.15) is 0 Å². The quantitative estimate of drug-likeness (QED) is 0.696. The van der Waals surface area contributed by atoms with Crippen LogP contribution in [-0.4, -0.2) is 12.8 Å². The first-order valence-electron chi connectivity index (χ1n) is 4.33. The standard InChI is InChI=1S/C10H15O2P/c1-8(2)13(11)10-6-4-9(12-3)5-7-10/h4-8,13H,1-3H3. The molecule has 3 heteroatoms. The van der Waals surface area contributed by atoms with Gasteiger partial charge >= 0.3 is 0 Å². The molecule has 72 valence electrons. The molecule has 0 N–H and O–H groups in total.